The predicted octanol–water partition coefficient (Wildman–Crippen LogP) is 8.79. The largest absolute Gasteiger partial charge is 0.456 e. The van der Waals surface area contributed by atoms with Crippen molar-refractivity contribution in [3.8, 4) is 34.6 Å². The van der Waals surface area contributed by atoms with Crippen LogP contribution in [-0.2, 0) is 0 Å². The van der Waals surface area contributed by atoms with E-state index < -0.39 is 0 Å². The average Bonchev–Trinajstić information content (AvgIpc) is 3.29. The topological polar surface area (TPSA) is 13.1 Å². The molecule has 186 valence electrons. The smallest absolute Gasteiger partial charge is 0.135 e. The molecule has 0 radical (unpaired) electrons. The van der Waals surface area contributed by atoms with Crippen LogP contribution in [0.3, 0.4) is 0 Å². The molecule has 5 aromatic carbocycles. The number of furan rings is 1. The van der Waals surface area contributed by atoms with Crippen molar-refractivity contribution in [2.45, 2.75) is 13.8 Å². The number of benzene rings is 5. The zero-order chi connectivity index (χ0) is 26.9. The lowest BCUT2D eigenvalue weighted by Gasteiger charge is -2.17. The molecule has 0 amide bonds. The van der Waals surface area contributed by atoms with Crippen LogP contribution in [0.15, 0.2) is 108 Å². The van der Waals surface area contributed by atoms with Crippen molar-refractivity contribution in [2.75, 3.05) is 0 Å². The van der Waals surface area contributed by atoms with Gasteiger partial charge in [0, 0.05) is 10.9 Å². The monoisotopic (exact) mass is 500 g/mol. The highest BCUT2D eigenvalue weighted by Gasteiger charge is 2.17. The Morgan fingerprint density at radius 1 is 0.795 bits per heavy atom. The summed E-state index contributed by atoms with van der Waals surface area (Å²) in [7, 11) is 0. The van der Waals surface area contributed by atoms with Gasteiger partial charge < -0.3 is 4.42 Å². The number of allylic oxidation sites excluding steroid dienone is 2. The second-order valence-corrected chi connectivity index (χ2v) is 9.64. The zero-order valence-corrected chi connectivity index (χ0v) is 22.2. The number of fused-ring (bicyclic) bond motifs is 3. The van der Waals surface area contributed by atoms with Gasteiger partial charge in [-0.1, -0.05) is 104 Å². The van der Waals surface area contributed by atoms with Crippen LogP contribution in [0, 0.1) is 19.3 Å². The molecule has 6 rings (SSSR count). The molecule has 0 aliphatic heterocycles. The molecular weight excluding hydrogens is 472 g/mol. The number of hydrogen-bond acceptors (Lipinski definition) is 1. The fourth-order valence-electron chi connectivity index (χ4n) is 5.79. The summed E-state index contributed by atoms with van der Waals surface area (Å²) in [6.07, 6.45) is 15.2. The normalized spacial score (nSPS) is 12.6. The lowest BCUT2D eigenvalue weighted by molar-refractivity contribution is 0.601. The first-order chi connectivity index (χ1) is 19.2. The molecule has 0 saturated carbocycles. The average molecular weight is 501 g/mol. The lowest BCUT2D eigenvalue weighted by Crippen LogP contribution is -2.29. The molecule has 0 spiro atoms. The Hall–Kier alpha value is -5.06. The Morgan fingerprint density at radius 3 is 2.26 bits per heavy atom. The van der Waals surface area contributed by atoms with Gasteiger partial charge in [0.1, 0.15) is 11.3 Å². The third-order valence-electron chi connectivity index (χ3n) is 7.52. The lowest BCUT2D eigenvalue weighted by atomic mass is 9.86. The molecule has 0 bridgehead atoms. The van der Waals surface area contributed by atoms with E-state index in [1.165, 1.54) is 48.7 Å². The van der Waals surface area contributed by atoms with Gasteiger partial charge >= 0.3 is 0 Å². The molecular formula is C38H28O. The fraction of sp³-hybridized carbons (Fsp3) is 0.0526. The van der Waals surface area contributed by atoms with E-state index in [0.29, 0.717) is 0 Å². The summed E-state index contributed by atoms with van der Waals surface area (Å²) in [4.78, 5) is 0. The van der Waals surface area contributed by atoms with Crippen molar-refractivity contribution in [1.29, 1.82) is 0 Å². The second kappa shape index (κ2) is 10.0. The van der Waals surface area contributed by atoms with Gasteiger partial charge in [-0.2, -0.15) is 0 Å². The number of hydrogen-bond donors (Lipinski definition) is 0. The Bertz CT molecular complexity index is 2100. The molecule has 6 aromatic rings. The maximum Gasteiger partial charge on any atom is 0.135 e. The second-order valence-electron chi connectivity index (χ2n) is 9.64. The van der Waals surface area contributed by atoms with E-state index >= 15 is 0 Å². The Morgan fingerprint density at radius 2 is 1.51 bits per heavy atom. The maximum absolute atomic E-state index is 6.11. The first-order valence-corrected chi connectivity index (χ1v) is 13.1. The van der Waals surface area contributed by atoms with Crippen LogP contribution in [0.25, 0.3) is 73.0 Å². The molecule has 1 aromatic heterocycles. The van der Waals surface area contributed by atoms with Crippen LogP contribution in [-0.4, -0.2) is 0 Å². The third kappa shape index (κ3) is 3.99. The summed E-state index contributed by atoms with van der Waals surface area (Å²) >= 11 is 0. The SMILES string of the molecule is C#C/C=C\c1oc2ccc(-c3c(=C/C)/c(=C\C=C)c(-c4cccc5ccccc45)c4ccccc34)cc2c1C. The van der Waals surface area contributed by atoms with Gasteiger partial charge in [0.2, 0.25) is 0 Å². The van der Waals surface area contributed by atoms with Crippen LogP contribution in [0.2, 0.25) is 0 Å². The van der Waals surface area contributed by atoms with E-state index in [0.717, 1.165) is 27.9 Å². The van der Waals surface area contributed by atoms with Gasteiger partial charge in [-0.3, -0.25) is 0 Å². The molecule has 1 heterocycles. The molecule has 1 heteroatoms. The van der Waals surface area contributed by atoms with Crippen LogP contribution >= 0.6 is 0 Å². The van der Waals surface area contributed by atoms with E-state index in [1.54, 1.807) is 6.08 Å². The zero-order valence-electron chi connectivity index (χ0n) is 22.2. The standard InChI is InChI=1S/C38H28O/c1-5-8-21-35-25(4)34-24-27(22-23-36(34)39-35)37-28(7-3)30(14-6-2)38(33-19-12-11-18-32(33)37)31-20-13-16-26-15-9-10-17-29(26)31/h1,6-24H,2H2,3-4H3/b21-8-,28-7+,30-14+. The molecule has 0 N–H and O–H groups in total. The highest BCUT2D eigenvalue weighted by molar-refractivity contribution is 6.10. The summed E-state index contributed by atoms with van der Waals surface area (Å²) < 4.78 is 6.11. The number of aryl methyl sites for hydroxylation is 1. The van der Waals surface area contributed by atoms with Crippen molar-refractivity contribution < 1.29 is 4.42 Å². The van der Waals surface area contributed by atoms with Gasteiger partial charge in [-0.15, -0.1) is 6.42 Å². The quantitative estimate of drug-likeness (QED) is 0.220. The molecule has 0 aliphatic carbocycles. The summed E-state index contributed by atoms with van der Waals surface area (Å²) in [5.74, 6) is 3.34. The van der Waals surface area contributed by atoms with Crippen molar-refractivity contribution in [3.05, 3.63) is 125 Å². The fourth-order valence-corrected chi connectivity index (χ4v) is 5.79. The summed E-state index contributed by atoms with van der Waals surface area (Å²) in [6, 6.07) is 30.3. The molecule has 0 unspecified atom stereocenters. The van der Waals surface area contributed by atoms with Gasteiger partial charge in [-0.05, 0) is 92.4 Å². The van der Waals surface area contributed by atoms with Crippen LogP contribution < -0.4 is 10.4 Å². The van der Waals surface area contributed by atoms with Crippen molar-refractivity contribution in [2.24, 2.45) is 0 Å². The van der Waals surface area contributed by atoms with Gasteiger partial charge in [-0.25, -0.2) is 0 Å². The van der Waals surface area contributed by atoms with E-state index in [9.17, 15) is 0 Å². The van der Waals surface area contributed by atoms with Gasteiger partial charge in [0.05, 0.1) is 0 Å². The van der Waals surface area contributed by atoms with Crippen molar-refractivity contribution >= 4 is 50.7 Å². The first-order valence-electron chi connectivity index (χ1n) is 13.1. The van der Waals surface area contributed by atoms with E-state index in [2.05, 4.69) is 123 Å². The van der Waals surface area contributed by atoms with Crippen LogP contribution in [0.4, 0.5) is 0 Å². The molecule has 0 fully saturated rings. The number of terminal acetylenes is 1. The molecule has 1 nitrogen and oxygen atoms in total. The van der Waals surface area contributed by atoms with E-state index in [-0.39, 0.29) is 0 Å². The van der Waals surface area contributed by atoms with E-state index in [4.69, 9.17) is 10.8 Å². The molecule has 39 heavy (non-hydrogen) atoms. The molecule has 0 saturated heterocycles. The third-order valence-corrected chi connectivity index (χ3v) is 7.52. The minimum absolute atomic E-state index is 0.791. The van der Waals surface area contributed by atoms with Crippen molar-refractivity contribution in [1.82, 2.24) is 0 Å². The van der Waals surface area contributed by atoms with E-state index in [1.807, 2.05) is 12.2 Å². The summed E-state index contributed by atoms with van der Waals surface area (Å²) in [6.45, 7) is 8.29. The highest BCUT2D eigenvalue weighted by atomic mass is 16.3. The summed E-state index contributed by atoms with van der Waals surface area (Å²) in [5, 5.41) is 8.32. The molecule has 0 atom stereocenters. The maximum atomic E-state index is 6.11. The summed E-state index contributed by atoms with van der Waals surface area (Å²) in [5.41, 5.74) is 6.72. The Labute approximate surface area is 228 Å². The highest BCUT2D eigenvalue weighted by Crippen LogP contribution is 2.36. The number of rotatable bonds is 4. The van der Waals surface area contributed by atoms with Crippen molar-refractivity contribution in [3.63, 3.8) is 0 Å². The predicted molar refractivity (Wildman–Crippen MR) is 169 cm³/mol. The van der Waals surface area contributed by atoms with Crippen LogP contribution in [0.1, 0.15) is 18.2 Å². The van der Waals surface area contributed by atoms with Gasteiger partial charge in [0.15, 0.2) is 0 Å². The first kappa shape index (κ1) is 24.3. The minimum Gasteiger partial charge on any atom is -0.456 e. The Kier molecular flexibility index (Phi) is 6.23. The minimum atomic E-state index is 0.791. The van der Waals surface area contributed by atoms with Gasteiger partial charge in [0.25, 0.3) is 0 Å². The molecule has 0 aliphatic rings. The Balaban J connectivity index is 1.75. The van der Waals surface area contributed by atoms with Crippen LogP contribution in [0.5, 0.6) is 0 Å².